The molecule has 1 amide bonds. The molecule has 1 aromatic carbocycles. The van der Waals surface area contributed by atoms with Crippen LogP contribution < -0.4 is 0 Å². The lowest BCUT2D eigenvalue weighted by Gasteiger charge is -2.31. The Hall–Kier alpha value is -2.09. The second-order valence-corrected chi connectivity index (χ2v) is 7.55. The van der Waals surface area contributed by atoms with Gasteiger partial charge in [-0.25, -0.2) is 13.5 Å². The van der Waals surface area contributed by atoms with Crippen LogP contribution in [0, 0.1) is 5.95 Å². The fraction of sp³-hybridized carbons (Fsp3) is 0.368. The van der Waals surface area contributed by atoms with Crippen molar-refractivity contribution in [2.24, 2.45) is 7.05 Å². The van der Waals surface area contributed by atoms with Crippen LogP contribution in [-0.4, -0.2) is 32.7 Å². The molecule has 4 nitrogen and oxygen atoms in total. The van der Waals surface area contributed by atoms with Crippen LogP contribution in [0.25, 0.3) is 5.57 Å². The van der Waals surface area contributed by atoms with Crippen LogP contribution in [0.1, 0.15) is 47.8 Å². The Morgan fingerprint density at radius 1 is 1.41 bits per heavy atom. The molecule has 8 heteroatoms. The molecule has 1 fully saturated rings. The van der Waals surface area contributed by atoms with Crippen LogP contribution in [-0.2, 0) is 7.05 Å². The Kier molecular flexibility index (Phi) is 5.46. The molecular weight excluding hydrogens is 423 g/mol. The van der Waals surface area contributed by atoms with E-state index >= 15 is 0 Å². The van der Waals surface area contributed by atoms with Crippen molar-refractivity contribution in [1.82, 2.24) is 14.7 Å². The van der Waals surface area contributed by atoms with E-state index in [-0.39, 0.29) is 6.04 Å². The second kappa shape index (κ2) is 7.50. The zero-order valence-corrected chi connectivity index (χ0v) is 16.5. The number of aryl methyl sites for hydroxylation is 1. The maximum absolute atomic E-state index is 14.4. The summed E-state index contributed by atoms with van der Waals surface area (Å²) >= 11 is 3.40. The average Bonchev–Trinajstić information content (AvgIpc) is 3.40. The fourth-order valence-electron chi connectivity index (χ4n) is 3.11. The van der Waals surface area contributed by atoms with E-state index in [1.807, 2.05) is 24.3 Å². The summed E-state index contributed by atoms with van der Waals surface area (Å²) in [5.74, 6) is -1.83. The van der Waals surface area contributed by atoms with Crippen molar-refractivity contribution in [2.45, 2.75) is 38.3 Å². The minimum absolute atomic E-state index is 0.124. The Balaban J connectivity index is 1.97. The van der Waals surface area contributed by atoms with Gasteiger partial charge in [0, 0.05) is 17.6 Å². The first-order valence-electron chi connectivity index (χ1n) is 8.50. The van der Waals surface area contributed by atoms with Gasteiger partial charge in [-0.3, -0.25) is 4.79 Å². The van der Waals surface area contributed by atoms with E-state index in [0.29, 0.717) is 10.3 Å². The van der Waals surface area contributed by atoms with Crippen molar-refractivity contribution >= 4 is 27.4 Å². The van der Waals surface area contributed by atoms with Crippen molar-refractivity contribution in [3.8, 4) is 0 Å². The molecule has 1 saturated carbocycles. The molecule has 0 spiro atoms. The number of hydrogen-bond donors (Lipinski definition) is 0. The van der Waals surface area contributed by atoms with Gasteiger partial charge in [0.15, 0.2) is 0 Å². The molecule has 2 aromatic rings. The van der Waals surface area contributed by atoms with Crippen molar-refractivity contribution in [3.05, 3.63) is 58.1 Å². The number of halogens is 4. The molecule has 0 saturated heterocycles. The lowest BCUT2D eigenvalue weighted by molar-refractivity contribution is 0.0698. The third kappa shape index (κ3) is 3.81. The quantitative estimate of drug-likeness (QED) is 0.634. The fourth-order valence-corrected chi connectivity index (χ4v) is 3.51. The highest BCUT2D eigenvalue weighted by molar-refractivity contribution is 9.10. The van der Waals surface area contributed by atoms with Crippen LogP contribution in [0.2, 0.25) is 0 Å². The number of alkyl halides is 2. The van der Waals surface area contributed by atoms with E-state index in [4.69, 9.17) is 0 Å². The molecule has 0 aliphatic heterocycles. The number of carbonyl (C=O) groups excluding carboxylic acids is 1. The van der Waals surface area contributed by atoms with Gasteiger partial charge in [-0.2, -0.15) is 9.49 Å². The molecular formula is C19H19BrF3N3O. The third-order valence-corrected chi connectivity index (χ3v) is 5.21. The second-order valence-electron chi connectivity index (χ2n) is 6.63. The minimum atomic E-state index is -3.04. The number of carbonyl (C=O) groups is 1. The summed E-state index contributed by atoms with van der Waals surface area (Å²) in [4.78, 5) is 14.5. The molecule has 0 radical (unpaired) electrons. The zero-order chi connectivity index (χ0) is 19.9. The summed E-state index contributed by atoms with van der Waals surface area (Å²) in [6, 6.07) is 6.82. The first kappa shape index (κ1) is 19.7. The predicted octanol–water partition coefficient (Wildman–Crippen LogP) is 4.97. The average molecular weight is 442 g/mol. The number of aromatic nitrogens is 2. The maximum Gasteiger partial charge on any atom is 0.283 e. The monoisotopic (exact) mass is 441 g/mol. The van der Waals surface area contributed by atoms with E-state index < -0.39 is 35.6 Å². The minimum Gasteiger partial charge on any atom is -0.329 e. The molecule has 0 bridgehead atoms. The van der Waals surface area contributed by atoms with Gasteiger partial charge in [-0.1, -0.05) is 34.6 Å². The summed E-state index contributed by atoms with van der Waals surface area (Å²) in [6.07, 6.45) is -1.55. The number of rotatable bonds is 6. The highest BCUT2D eigenvalue weighted by Crippen LogP contribution is 2.36. The number of nitrogens with zero attached hydrogens (tertiary/aromatic N) is 3. The standard InChI is InChI=1S/C19H19BrF3N3O/c1-10(12-5-4-6-13(20)9-12)11(2)26(14-7-8-14)19(27)15-16(17(21)22)24-25(3)18(15)23/h4-6,9,11,14,17H,1,7-8H2,2-3H3. The topological polar surface area (TPSA) is 38.1 Å². The summed E-state index contributed by atoms with van der Waals surface area (Å²) in [5, 5.41) is 3.48. The summed E-state index contributed by atoms with van der Waals surface area (Å²) in [7, 11) is 1.20. The Labute approximate surface area is 163 Å². The van der Waals surface area contributed by atoms with E-state index in [1.54, 1.807) is 6.92 Å². The van der Waals surface area contributed by atoms with Gasteiger partial charge in [-0.15, -0.1) is 0 Å². The number of amides is 1. The van der Waals surface area contributed by atoms with E-state index in [2.05, 4.69) is 27.6 Å². The highest BCUT2D eigenvalue weighted by atomic mass is 79.9. The van der Waals surface area contributed by atoms with Gasteiger partial charge in [-0.05, 0) is 43.0 Å². The van der Waals surface area contributed by atoms with Gasteiger partial charge >= 0.3 is 0 Å². The lowest BCUT2D eigenvalue weighted by atomic mass is 9.99. The molecule has 3 rings (SSSR count). The first-order valence-corrected chi connectivity index (χ1v) is 9.29. The van der Waals surface area contributed by atoms with Gasteiger partial charge in [0.05, 0.1) is 6.04 Å². The summed E-state index contributed by atoms with van der Waals surface area (Å²) < 4.78 is 42.5. The molecule has 1 unspecified atom stereocenters. The Morgan fingerprint density at radius 3 is 2.63 bits per heavy atom. The molecule has 27 heavy (non-hydrogen) atoms. The summed E-state index contributed by atoms with van der Waals surface area (Å²) in [6.45, 7) is 5.85. The van der Waals surface area contributed by atoms with Gasteiger partial charge < -0.3 is 4.90 Å². The third-order valence-electron chi connectivity index (χ3n) is 4.72. The van der Waals surface area contributed by atoms with Crippen LogP contribution in [0.4, 0.5) is 13.2 Å². The normalized spacial score (nSPS) is 15.1. The smallest absolute Gasteiger partial charge is 0.283 e. The van der Waals surface area contributed by atoms with E-state index in [9.17, 15) is 18.0 Å². The van der Waals surface area contributed by atoms with Gasteiger partial charge in [0.2, 0.25) is 5.95 Å². The van der Waals surface area contributed by atoms with Crippen molar-refractivity contribution in [2.75, 3.05) is 0 Å². The van der Waals surface area contributed by atoms with Crippen molar-refractivity contribution < 1.29 is 18.0 Å². The maximum atomic E-state index is 14.4. The zero-order valence-electron chi connectivity index (χ0n) is 14.9. The largest absolute Gasteiger partial charge is 0.329 e. The van der Waals surface area contributed by atoms with Crippen LogP contribution >= 0.6 is 15.9 Å². The molecule has 0 N–H and O–H groups in total. The molecule has 1 heterocycles. The highest BCUT2D eigenvalue weighted by Gasteiger charge is 2.41. The lowest BCUT2D eigenvalue weighted by Crippen LogP contribution is -2.41. The van der Waals surface area contributed by atoms with Crippen LogP contribution in [0.3, 0.4) is 0 Å². The Morgan fingerprint density at radius 2 is 2.07 bits per heavy atom. The molecule has 1 aliphatic carbocycles. The van der Waals surface area contributed by atoms with Crippen LogP contribution in [0.5, 0.6) is 0 Å². The molecule has 144 valence electrons. The number of benzene rings is 1. The van der Waals surface area contributed by atoms with E-state index in [1.165, 1.54) is 11.9 Å². The van der Waals surface area contributed by atoms with Crippen LogP contribution in [0.15, 0.2) is 35.3 Å². The van der Waals surface area contributed by atoms with Gasteiger partial charge in [0.25, 0.3) is 12.3 Å². The molecule has 1 aliphatic rings. The first-order chi connectivity index (χ1) is 12.7. The SMILES string of the molecule is C=C(c1cccc(Br)c1)C(C)N(C(=O)c1c(C(F)F)nn(C)c1F)C1CC1. The molecule has 1 atom stereocenters. The van der Waals surface area contributed by atoms with E-state index in [0.717, 1.165) is 22.9 Å². The number of hydrogen-bond acceptors (Lipinski definition) is 2. The predicted molar refractivity (Wildman–Crippen MR) is 100.0 cm³/mol. The Bertz CT molecular complexity index is 892. The van der Waals surface area contributed by atoms with Crippen molar-refractivity contribution in [1.29, 1.82) is 0 Å². The summed E-state index contributed by atoms with van der Waals surface area (Å²) in [5.41, 5.74) is -0.0188. The van der Waals surface area contributed by atoms with Gasteiger partial charge in [0.1, 0.15) is 11.3 Å². The van der Waals surface area contributed by atoms with Crippen molar-refractivity contribution in [3.63, 3.8) is 0 Å². The molecule has 1 aromatic heterocycles.